The highest BCUT2D eigenvalue weighted by atomic mass is 19.4. The molecule has 0 N–H and O–H groups in total. The first-order valence-electron chi connectivity index (χ1n) is 15.2. The number of hydrogen-bond acceptors (Lipinski definition) is 7. The molecule has 45 heavy (non-hydrogen) atoms. The molecule has 2 aliphatic heterocycles. The second-order valence-electron chi connectivity index (χ2n) is 12.8. The van der Waals surface area contributed by atoms with E-state index in [0.29, 0.717) is 50.5 Å². The van der Waals surface area contributed by atoms with Crippen LogP contribution < -0.4 is 4.90 Å². The first-order chi connectivity index (χ1) is 21.1. The Bertz CT molecular complexity index is 1610. The Labute approximate surface area is 261 Å². The van der Waals surface area contributed by atoms with E-state index in [1.165, 1.54) is 4.90 Å². The van der Waals surface area contributed by atoms with Gasteiger partial charge in [-0.25, -0.2) is 14.6 Å². The highest BCUT2D eigenvalue weighted by Gasteiger charge is 2.33. The van der Waals surface area contributed by atoms with Crippen molar-refractivity contribution in [3.63, 3.8) is 0 Å². The lowest BCUT2D eigenvalue weighted by Crippen LogP contribution is -2.47. The van der Waals surface area contributed by atoms with Crippen LogP contribution in [0.25, 0.3) is 22.7 Å². The zero-order valence-corrected chi connectivity index (χ0v) is 26.6. The maximum absolute atomic E-state index is 13.3. The van der Waals surface area contributed by atoms with Crippen LogP contribution in [0.4, 0.5) is 23.8 Å². The minimum absolute atomic E-state index is 0.306. The summed E-state index contributed by atoms with van der Waals surface area (Å²) in [6.45, 7) is 12.0. The van der Waals surface area contributed by atoms with E-state index in [1.54, 1.807) is 24.9 Å². The quantitative estimate of drug-likeness (QED) is 0.296. The van der Waals surface area contributed by atoms with Gasteiger partial charge in [-0.2, -0.15) is 13.2 Å². The molecule has 9 nitrogen and oxygen atoms in total. The molecule has 1 amide bonds. The number of pyridine rings is 2. The van der Waals surface area contributed by atoms with E-state index in [4.69, 9.17) is 9.47 Å². The summed E-state index contributed by atoms with van der Waals surface area (Å²) < 4.78 is 51.8. The molecule has 12 heteroatoms. The number of esters is 1. The molecule has 0 aliphatic carbocycles. The highest BCUT2D eigenvalue weighted by molar-refractivity contribution is 5.97. The summed E-state index contributed by atoms with van der Waals surface area (Å²) >= 11 is 0. The van der Waals surface area contributed by atoms with E-state index in [0.717, 1.165) is 33.5 Å². The van der Waals surface area contributed by atoms with Crippen molar-refractivity contribution in [1.29, 1.82) is 0 Å². The number of halogens is 3. The molecular weight excluding hydrogens is 587 g/mol. The van der Waals surface area contributed by atoms with Crippen molar-refractivity contribution in [2.75, 3.05) is 44.2 Å². The Morgan fingerprint density at radius 2 is 1.76 bits per heavy atom. The minimum Gasteiger partial charge on any atom is -0.459 e. The Kier molecular flexibility index (Phi) is 8.90. The summed E-state index contributed by atoms with van der Waals surface area (Å²) in [6.07, 6.45) is 3.00. The predicted octanol–water partition coefficient (Wildman–Crippen LogP) is 6.32. The van der Waals surface area contributed by atoms with Gasteiger partial charge < -0.3 is 18.8 Å². The van der Waals surface area contributed by atoms with Gasteiger partial charge in [-0.3, -0.25) is 9.80 Å². The van der Waals surface area contributed by atoms with Crippen molar-refractivity contribution in [3.05, 3.63) is 59.2 Å². The van der Waals surface area contributed by atoms with Gasteiger partial charge in [0.05, 0.1) is 29.4 Å². The van der Waals surface area contributed by atoms with Crippen molar-refractivity contribution < 1.29 is 32.2 Å². The summed E-state index contributed by atoms with van der Waals surface area (Å²) in [7, 11) is 0. The van der Waals surface area contributed by atoms with Gasteiger partial charge in [0.15, 0.2) is 0 Å². The van der Waals surface area contributed by atoms with Gasteiger partial charge in [-0.15, -0.1) is 0 Å². The summed E-state index contributed by atoms with van der Waals surface area (Å²) in [4.78, 5) is 35.7. The van der Waals surface area contributed by atoms with Gasteiger partial charge in [0.2, 0.25) is 0 Å². The van der Waals surface area contributed by atoms with Crippen LogP contribution in [0.2, 0.25) is 0 Å². The highest BCUT2D eigenvalue weighted by Crippen LogP contribution is 2.38. The van der Waals surface area contributed by atoms with E-state index in [9.17, 15) is 22.8 Å². The van der Waals surface area contributed by atoms with Gasteiger partial charge in [0.25, 0.3) is 0 Å². The number of carbonyl (C=O) groups is 2. The molecule has 0 saturated carbocycles. The number of rotatable bonds is 6. The second kappa shape index (κ2) is 12.4. The van der Waals surface area contributed by atoms with Crippen LogP contribution in [-0.4, -0.2) is 88.4 Å². The molecule has 0 aromatic carbocycles. The molecule has 1 saturated heterocycles. The molecule has 1 fully saturated rings. The number of anilines is 1. The van der Waals surface area contributed by atoms with Crippen molar-refractivity contribution >= 4 is 29.5 Å². The summed E-state index contributed by atoms with van der Waals surface area (Å²) in [5.74, 6) is 0.112. The molecule has 242 valence electrons. The molecular formula is C33H40F3N5O4. The molecule has 5 heterocycles. The molecule has 3 aromatic heterocycles. The second-order valence-corrected chi connectivity index (χ2v) is 12.8. The third-order valence-electron chi connectivity index (χ3n) is 7.85. The Hall–Kier alpha value is -4.06. The van der Waals surface area contributed by atoms with Crippen LogP contribution in [0.1, 0.15) is 61.8 Å². The van der Waals surface area contributed by atoms with Crippen molar-refractivity contribution in [1.82, 2.24) is 19.2 Å². The normalized spacial score (nSPS) is 16.2. The van der Waals surface area contributed by atoms with Crippen molar-refractivity contribution in [2.45, 2.75) is 65.8 Å². The van der Waals surface area contributed by atoms with E-state index < -0.39 is 30.4 Å². The lowest BCUT2D eigenvalue weighted by molar-refractivity contribution is -0.148. The van der Waals surface area contributed by atoms with E-state index in [-0.39, 0.29) is 6.10 Å². The van der Waals surface area contributed by atoms with Crippen molar-refractivity contribution in [3.8, 4) is 11.1 Å². The summed E-state index contributed by atoms with van der Waals surface area (Å²) in [6, 6.07) is 5.72. The lowest BCUT2D eigenvalue weighted by Gasteiger charge is -2.34. The smallest absolute Gasteiger partial charge is 0.416 e. The zero-order valence-electron chi connectivity index (χ0n) is 26.6. The van der Waals surface area contributed by atoms with Gasteiger partial charge in [0.1, 0.15) is 11.4 Å². The number of hydrogen-bond donors (Lipinski definition) is 0. The molecule has 3 aromatic rings. The van der Waals surface area contributed by atoms with Crippen LogP contribution in [-0.2, 0) is 15.9 Å². The SMILES string of the molecule is Cc1c(C(=O)OC(C)C)cc2c(-c3ccnc4c3CCN4C(=O)OC(C)(C)C)ccn2c1C=CN1CCN(CC(F)(F)F)CC1. The molecule has 0 radical (unpaired) electrons. The average molecular weight is 628 g/mol. The Balaban J connectivity index is 1.52. The fraction of sp³-hybridized carbons (Fsp3) is 0.485. The monoisotopic (exact) mass is 627 g/mol. The first-order valence-corrected chi connectivity index (χ1v) is 15.2. The standard InChI is InChI=1S/C33H40F3N5O4/c1-21(2)44-30(42)26-19-28-24(23-7-11-37-29-25(23)9-14-41(29)31(43)45-32(4,5)6)8-13-40(28)27(22(26)3)10-12-38-15-17-39(18-16-38)20-33(34,35)36/h7-8,10-13,19,21H,9,14-18,20H2,1-6H3. The number of aromatic nitrogens is 2. The van der Waals surface area contributed by atoms with E-state index in [2.05, 4.69) is 4.98 Å². The number of alkyl halides is 3. The summed E-state index contributed by atoms with van der Waals surface area (Å²) in [5.41, 5.74) is 4.71. The summed E-state index contributed by atoms with van der Waals surface area (Å²) in [5, 5.41) is 0. The molecule has 0 atom stereocenters. The topological polar surface area (TPSA) is 79.6 Å². The number of fused-ring (bicyclic) bond motifs is 2. The van der Waals surface area contributed by atoms with E-state index in [1.807, 2.05) is 73.7 Å². The van der Waals surface area contributed by atoms with Crippen molar-refractivity contribution in [2.24, 2.45) is 0 Å². The molecule has 0 unspecified atom stereocenters. The fourth-order valence-electron chi connectivity index (χ4n) is 5.83. The average Bonchev–Trinajstić information content (AvgIpc) is 3.55. The number of nitrogens with zero attached hydrogens (tertiary/aromatic N) is 5. The van der Waals surface area contributed by atoms with Gasteiger partial charge >= 0.3 is 18.2 Å². The lowest BCUT2D eigenvalue weighted by atomic mass is 9.99. The maximum Gasteiger partial charge on any atom is 0.416 e. The predicted molar refractivity (Wildman–Crippen MR) is 166 cm³/mol. The van der Waals surface area contributed by atoms with Crippen LogP contribution >= 0.6 is 0 Å². The van der Waals surface area contributed by atoms with Crippen LogP contribution in [0, 0.1) is 6.92 Å². The zero-order chi connectivity index (χ0) is 32.7. The minimum atomic E-state index is -4.22. The number of amides is 1. The number of carbonyl (C=O) groups excluding carboxylic acids is 2. The van der Waals surface area contributed by atoms with Gasteiger partial charge in [-0.05, 0) is 83.4 Å². The molecule has 0 bridgehead atoms. The first kappa shape index (κ1) is 32.3. The van der Waals surface area contributed by atoms with Crippen LogP contribution in [0.5, 0.6) is 0 Å². The third kappa shape index (κ3) is 7.27. The van der Waals surface area contributed by atoms with Gasteiger partial charge in [0, 0.05) is 62.4 Å². The van der Waals surface area contributed by atoms with Gasteiger partial charge in [-0.1, -0.05) is 0 Å². The largest absolute Gasteiger partial charge is 0.459 e. The molecule has 0 spiro atoms. The van der Waals surface area contributed by atoms with Crippen LogP contribution in [0.15, 0.2) is 36.8 Å². The fourth-order valence-corrected chi connectivity index (χ4v) is 5.83. The number of piperazine rings is 1. The molecule has 5 rings (SSSR count). The Morgan fingerprint density at radius 1 is 1.04 bits per heavy atom. The maximum atomic E-state index is 13.3. The Morgan fingerprint density at radius 3 is 2.40 bits per heavy atom. The van der Waals surface area contributed by atoms with Crippen LogP contribution in [0.3, 0.4) is 0 Å². The van der Waals surface area contributed by atoms with E-state index >= 15 is 0 Å². The molecule has 2 aliphatic rings. The third-order valence-corrected chi connectivity index (χ3v) is 7.85. The number of ether oxygens (including phenoxy) is 2.